The average molecular weight is 391 g/mol. The van der Waals surface area contributed by atoms with E-state index in [0.29, 0.717) is 44.6 Å². The molecule has 7 nitrogen and oxygen atoms in total. The zero-order chi connectivity index (χ0) is 20.7. The molecule has 0 saturated carbocycles. The van der Waals surface area contributed by atoms with Gasteiger partial charge in [-0.15, -0.1) is 0 Å². The van der Waals surface area contributed by atoms with Gasteiger partial charge >= 0.3 is 6.09 Å². The second-order valence-corrected chi connectivity index (χ2v) is 8.31. The van der Waals surface area contributed by atoms with E-state index in [-0.39, 0.29) is 6.09 Å². The predicted octanol–water partition coefficient (Wildman–Crippen LogP) is 2.74. The Labute approximate surface area is 168 Å². The molecule has 0 radical (unpaired) electrons. The van der Waals surface area contributed by atoms with Crippen molar-refractivity contribution in [2.75, 3.05) is 39.8 Å². The van der Waals surface area contributed by atoms with E-state index in [1.165, 1.54) is 5.56 Å². The Morgan fingerprint density at radius 2 is 1.71 bits per heavy atom. The van der Waals surface area contributed by atoms with E-state index in [0.717, 1.165) is 12.2 Å². The first-order valence-electron chi connectivity index (χ1n) is 9.83. The Bertz CT molecular complexity index is 659. The van der Waals surface area contributed by atoms with Crippen molar-refractivity contribution in [1.29, 1.82) is 0 Å². The molecule has 1 saturated heterocycles. The SMILES string of the molecule is COc1ccc(CC(C)CN=C(N)N2CCN(C(=O)OC(C)(C)C)CC2)cc1. The second kappa shape index (κ2) is 9.66. The summed E-state index contributed by atoms with van der Waals surface area (Å²) in [6.07, 6.45) is 0.670. The number of carbonyl (C=O) groups excluding carboxylic acids is 1. The summed E-state index contributed by atoms with van der Waals surface area (Å²) in [7, 11) is 1.67. The van der Waals surface area contributed by atoms with Crippen molar-refractivity contribution in [3.63, 3.8) is 0 Å². The quantitative estimate of drug-likeness (QED) is 0.618. The number of nitrogens with zero attached hydrogens (tertiary/aromatic N) is 3. The van der Waals surface area contributed by atoms with Crippen LogP contribution in [0, 0.1) is 5.92 Å². The summed E-state index contributed by atoms with van der Waals surface area (Å²) in [5.41, 5.74) is 6.96. The van der Waals surface area contributed by atoms with Crippen molar-refractivity contribution >= 4 is 12.1 Å². The van der Waals surface area contributed by atoms with Crippen LogP contribution in [0.4, 0.5) is 4.79 Å². The van der Waals surface area contributed by atoms with Crippen molar-refractivity contribution in [3.8, 4) is 5.75 Å². The van der Waals surface area contributed by atoms with Crippen LogP contribution in [0.5, 0.6) is 5.75 Å². The van der Waals surface area contributed by atoms with Crippen LogP contribution in [0.3, 0.4) is 0 Å². The number of ether oxygens (including phenoxy) is 2. The molecule has 0 spiro atoms. The normalized spacial score (nSPS) is 16.7. The fourth-order valence-corrected chi connectivity index (χ4v) is 3.02. The van der Waals surface area contributed by atoms with Gasteiger partial charge in [-0.1, -0.05) is 19.1 Å². The highest BCUT2D eigenvalue weighted by Gasteiger charge is 2.26. The summed E-state index contributed by atoms with van der Waals surface area (Å²) in [5, 5.41) is 0. The lowest BCUT2D eigenvalue weighted by molar-refractivity contribution is 0.0186. The predicted molar refractivity (Wildman–Crippen MR) is 112 cm³/mol. The van der Waals surface area contributed by atoms with Gasteiger partial charge in [-0.05, 0) is 50.8 Å². The molecule has 1 aliphatic heterocycles. The van der Waals surface area contributed by atoms with E-state index in [4.69, 9.17) is 15.2 Å². The number of benzene rings is 1. The fourth-order valence-electron chi connectivity index (χ4n) is 3.02. The Kier molecular flexibility index (Phi) is 7.54. The molecule has 1 fully saturated rings. The molecule has 1 heterocycles. The largest absolute Gasteiger partial charge is 0.497 e. The van der Waals surface area contributed by atoms with Gasteiger partial charge in [0.2, 0.25) is 0 Å². The van der Waals surface area contributed by atoms with Crippen LogP contribution in [0.15, 0.2) is 29.3 Å². The molecule has 7 heteroatoms. The van der Waals surface area contributed by atoms with Gasteiger partial charge in [0, 0.05) is 32.7 Å². The molecular weight excluding hydrogens is 356 g/mol. The number of nitrogens with two attached hydrogens (primary N) is 1. The minimum Gasteiger partial charge on any atom is -0.497 e. The Morgan fingerprint density at radius 1 is 1.14 bits per heavy atom. The standard InChI is InChI=1S/C21H34N4O3/c1-16(14-17-6-8-18(27-5)9-7-17)15-23-19(22)24-10-12-25(13-11-24)20(26)28-21(2,3)4/h6-9,16H,10-15H2,1-5H3,(H2,22,23). The van der Waals surface area contributed by atoms with Gasteiger partial charge < -0.3 is 25.0 Å². The van der Waals surface area contributed by atoms with Crippen molar-refractivity contribution in [3.05, 3.63) is 29.8 Å². The molecule has 156 valence electrons. The number of piperazine rings is 1. The third-order valence-electron chi connectivity index (χ3n) is 4.56. The molecule has 1 aromatic rings. The van der Waals surface area contributed by atoms with Crippen LogP contribution >= 0.6 is 0 Å². The summed E-state index contributed by atoms with van der Waals surface area (Å²) in [4.78, 5) is 20.5. The highest BCUT2D eigenvalue weighted by Crippen LogP contribution is 2.15. The van der Waals surface area contributed by atoms with Crippen molar-refractivity contribution in [1.82, 2.24) is 9.80 Å². The number of hydrogen-bond acceptors (Lipinski definition) is 4. The summed E-state index contributed by atoms with van der Waals surface area (Å²) in [6, 6.07) is 8.12. The van der Waals surface area contributed by atoms with Crippen LogP contribution in [0.2, 0.25) is 0 Å². The maximum atomic E-state index is 12.1. The average Bonchev–Trinajstić information content (AvgIpc) is 2.65. The highest BCUT2D eigenvalue weighted by molar-refractivity contribution is 5.78. The van der Waals surface area contributed by atoms with E-state index < -0.39 is 5.60 Å². The first-order chi connectivity index (χ1) is 13.2. The van der Waals surface area contributed by atoms with Crippen molar-refractivity contribution in [2.24, 2.45) is 16.6 Å². The Morgan fingerprint density at radius 3 is 2.25 bits per heavy atom. The maximum absolute atomic E-state index is 12.1. The van der Waals surface area contributed by atoms with Crippen LogP contribution in [0.25, 0.3) is 0 Å². The fraction of sp³-hybridized carbons (Fsp3) is 0.619. The number of guanidine groups is 1. The van der Waals surface area contributed by atoms with Gasteiger partial charge in [0.15, 0.2) is 5.96 Å². The molecule has 0 aliphatic carbocycles. The van der Waals surface area contributed by atoms with E-state index >= 15 is 0 Å². The topological polar surface area (TPSA) is 80.4 Å². The summed E-state index contributed by atoms with van der Waals surface area (Å²) >= 11 is 0. The molecule has 1 amide bonds. The van der Waals surface area contributed by atoms with Gasteiger partial charge in [0.25, 0.3) is 0 Å². The van der Waals surface area contributed by atoms with E-state index in [2.05, 4.69) is 24.0 Å². The minimum atomic E-state index is -0.477. The highest BCUT2D eigenvalue weighted by atomic mass is 16.6. The number of aliphatic imine (C=N–C) groups is 1. The summed E-state index contributed by atoms with van der Waals surface area (Å²) in [5.74, 6) is 1.80. The maximum Gasteiger partial charge on any atom is 0.410 e. The Balaban J connectivity index is 1.78. The number of amides is 1. The number of carbonyl (C=O) groups is 1. The third-order valence-corrected chi connectivity index (χ3v) is 4.56. The molecule has 1 unspecified atom stereocenters. The zero-order valence-electron chi connectivity index (χ0n) is 17.8. The first kappa shape index (κ1) is 21.9. The van der Waals surface area contributed by atoms with Gasteiger partial charge in [-0.3, -0.25) is 4.99 Å². The van der Waals surface area contributed by atoms with Crippen LogP contribution in [-0.2, 0) is 11.2 Å². The molecule has 2 N–H and O–H groups in total. The van der Waals surface area contributed by atoms with E-state index in [1.807, 2.05) is 37.8 Å². The second-order valence-electron chi connectivity index (χ2n) is 8.31. The van der Waals surface area contributed by atoms with Gasteiger partial charge in [0.05, 0.1) is 7.11 Å². The Hall–Kier alpha value is -2.44. The summed E-state index contributed by atoms with van der Waals surface area (Å²) < 4.78 is 10.6. The lowest BCUT2D eigenvalue weighted by Gasteiger charge is -2.36. The lowest BCUT2D eigenvalue weighted by Crippen LogP contribution is -2.53. The molecule has 28 heavy (non-hydrogen) atoms. The van der Waals surface area contributed by atoms with Crippen LogP contribution < -0.4 is 10.5 Å². The molecule has 1 aliphatic rings. The smallest absolute Gasteiger partial charge is 0.410 e. The van der Waals surface area contributed by atoms with Gasteiger partial charge in [-0.2, -0.15) is 0 Å². The van der Waals surface area contributed by atoms with Crippen molar-refractivity contribution in [2.45, 2.75) is 39.7 Å². The van der Waals surface area contributed by atoms with E-state index in [1.54, 1.807) is 12.0 Å². The van der Waals surface area contributed by atoms with Gasteiger partial charge in [0.1, 0.15) is 11.4 Å². The lowest BCUT2D eigenvalue weighted by atomic mass is 10.0. The van der Waals surface area contributed by atoms with Gasteiger partial charge in [-0.25, -0.2) is 4.79 Å². The van der Waals surface area contributed by atoms with Crippen molar-refractivity contribution < 1.29 is 14.3 Å². The number of rotatable bonds is 5. The first-order valence-corrected chi connectivity index (χ1v) is 9.83. The molecular formula is C21H34N4O3. The number of methoxy groups -OCH3 is 1. The third kappa shape index (κ3) is 6.94. The molecule has 1 aromatic carbocycles. The molecule has 0 aromatic heterocycles. The van der Waals surface area contributed by atoms with E-state index in [9.17, 15) is 4.79 Å². The molecule has 2 rings (SSSR count). The number of hydrogen-bond donors (Lipinski definition) is 1. The minimum absolute atomic E-state index is 0.268. The molecule has 0 bridgehead atoms. The van der Waals surface area contributed by atoms with Crippen LogP contribution in [-0.4, -0.2) is 67.3 Å². The molecule has 1 atom stereocenters. The zero-order valence-corrected chi connectivity index (χ0v) is 17.8. The monoisotopic (exact) mass is 390 g/mol. The summed E-state index contributed by atoms with van der Waals surface area (Å²) in [6.45, 7) is 11.0. The van der Waals surface area contributed by atoms with Crippen LogP contribution in [0.1, 0.15) is 33.3 Å².